The number of fused-ring (bicyclic) bond motifs is 2. The van der Waals surface area contributed by atoms with Crippen LogP contribution in [0.2, 0.25) is 0 Å². The Morgan fingerprint density at radius 3 is 2.66 bits per heavy atom. The Labute approximate surface area is 271 Å². The molecule has 0 atom stereocenters. The van der Waals surface area contributed by atoms with Gasteiger partial charge in [0.15, 0.2) is 17.3 Å². The molecule has 3 aromatic carbocycles. The van der Waals surface area contributed by atoms with Gasteiger partial charge in [0, 0.05) is 43.9 Å². The van der Waals surface area contributed by atoms with Crippen LogP contribution in [0.15, 0.2) is 84.6 Å². The first kappa shape index (κ1) is 30.3. The number of morpholine rings is 1. The van der Waals surface area contributed by atoms with Crippen LogP contribution in [0, 0.1) is 12.7 Å². The van der Waals surface area contributed by atoms with Gasteiger partial charge in [-0.1, -0.05) is 36.9 Å². The van der Waals surface area contributed by atoms with Crippen LogP contribution in [-0.4, -0.2) is 59.8 Å². The average Bonchev–Trinajstić information content (AvgIpc) is 3.09. The summed E-state index contributed by atoms with van der Waals surface area (Å²) in [4.78, 5) is 33.6. The van der Waals surface area contributed by atoms with Gasteiger partial charge >= 0.3 is 0 Å². The molecule has 47 heavy (non-hydrogen) atoms. The van der Waals surface area contributed by atoms with E-state index in [4.69, 9.17) is 9.47 Å². The maximum absolute atomic E-state index is 16.0. The molecule has 5 aromatic rings. The van der Waals surface area contributed by atoms with Gasteiger partial charge < -0.3 is 24.7 Å². The van der Waals surface area contributed by atoms with E-state index in [1.807, 2.05) is 43.3 Å². The Balaban J connectivity index is 1.35. The summed E-state index contributed by atoms with van der Waals surface area (Å²) in [5.74, 6) is -0.587. The Bertz CT molecular complexity index is 2070. The minimum absolute atomic E-state index is 0.0446. The minimum atomic E-state index is -0.637. The molecule has 1 saturated heterocycles. The fraction of sp³-hybridized carbons (Fsp3) is 0.216. The second kappa shape index (κ2) is 12.8. The number of ether oxygens (including phenoxy) is 2. The molecule has 2 aliphatic rings. The third kappa shape index (κ3) is 5.77. The van der Waals surface area contributed by atoms with Gasteiger partial charge in [0.2, 0.25) is 5.43 Å². The molecular formula is C37H34FN5O4. The fourth-order valence-electron chi connectivity index (χ4n) is 6.28. The second-order valence-corrected chi connectivity index (χ2v) is 11.7. The molecule has 0 spiro atoms. The number of halogens is 1. The summed E-state index contributed by atoms with van der Waals surface area (Å²) in [6.45, 7) is 10.5. The third-order valence-electron chi connectivity index (χ3n) is 8.68. The van der Waals surface area contributed by atoms with Crippen molar-refractivity contribution in [1.82, 2.24) is 14.5 Å². The van der Waals surface area contributed by atoms with Crippen molar-refractivity contribution in [3.05, 3.63) is 112 Å². The van der Waals surface area contributed by atoms with Crippen LogP contribution in [0.25, 0.3) is 33.8 Å². The van der Waals surface area contributed by atoms with Gasteiger partial charge in [-0.05, 0) is 72.5 Å². The van der Waals surface area contributed by atoms with E-state index in [0.717, 1.165) is 48.3 Å². The molecule has 0 unspecified atom stereocenters. The lowest BCUT2D eigenvalue weighted by molar-refractivity contribution is 0.0378. The highest BCUT2D eigenvalue weighted by Crippen LogP contribution is 2.47. The van der Waals surface area contributed by atoms with Crippen molar-refractivity contribution in [2.24, 2.45) is 0 Å². The van der Waals surface area contributed by atoms with Crippen LogP contribution in [0.1, 0.15) is 27.9 Å². The van der Waals surface area contributed by atoms with E-state index in [9.17, 15) is 9.59 Å². The normalized spacial score (nSPS) is 13.9. The summed E-state index contributed by atoms with van der Waals surface area (Å²) in [6, 6.07) is 16.3. The summed E-state index contributed by atoms with van der Waals surface area (Å²) in [5, 5.41) is 6.06. The van der Waals surface area contributed by atoms with Crippen molar-refractivity contribution in [1.29, 1.82) is 0 Å². The van der Waals surface area contributed by atoms with Gasteiger partial charge in [0.05, 0.1) is 24.3 Å². The molecule has 0 bridgehead atoms. The first-order valence-corrected chi connectivity index (χ1v) is 15.6. The van der Waals surface area contributed by atoms with Crippen molar-refractivity contribution in [2.75, 3.05) is 50.0 Å². The molecule has 9 nitrogen and oxygen atoms in total. The molecule has 238 valence electrons. The number of nitrogens with zero attached hydrogens (tertiary/aromatic N) is 3. The van der Waals surface area contributed by atoms with Crippen LogP contribution in [0.4, 0.5) is 15.8 Å². The summed E-state index contributed by atoms with van der Waals surface area (Å²) >= 11 is 0. The molecular weight excluding hydrogens is 597 g/mol. The van der Waals surface area contributed by atoms with Gasteiger partial charge in [0.25, 0.3) is 5.91 Å². The molecule has 10 heteroatoms. The zero-order valence-electron chi connectivity index (χ0n) is 26.0. The van der Waals surface area contributed by atoms with Crippen molar-refractivity contribution >= 4 is 34.3 Å². The standard InChI is InChI=1S/C37H34FN5O4/c1-3-24-7-4-5-8-26(24)27-21-32-31(19-23(27)2)43-22-29(37(45)41-25-9-12-39-13-10-25)35(44)28-20-30(38)33(36(47-32)34(28)43)40-11-6-14-42-15-17-46-18-16-42/h3-5,7-10,12-13,19-22,40H,1,6,11,14-18H2,2H3,(H,39,41,45). The highest BCUT2D eigenvalue weighted by atomic mass is 19.1. The van der Waals surface area contributed by atoms with Crippen molar-refractivity contribution in [3.63, 3.8) is 0 Å². The lowest BCUT2D eigenvalue weighted by atomic mass is 9.94. The number of aromatic nitrogens is 2. The van der Waals surface area contributed by atoms with Crippen molar-refractivity contribution < 1.29 is 18.7 Å². The number of anilines is 2. The van der Waals surface area contributed by atoms with Crippen molar-refractivity contribution in [2.45, 2.75) is 13.3 Å². The van der Waals surface area contributed by atoms with Crippen LogP contribution in [0.5, 0.6) is 11.5 Å². The largest absolute Gasteiger partial charge is 0.451 e. The van der Waals surface area contributed by atoms with Gasteiger partial charge in [-0.25, -0.2) is 4.39 Å². The van der Waals surface area contributed by atoms with Gasteiger partial charge in [0.1, 0.15) is 16.8 Å². The van der Waals surface area contributed by atoms with Crippen LogP contribution in [-0.2, 0) is 4.74 Å². The number of pyridine rings is 2. The lowest BCUT2D eigenvalue weighted by Crippen LogP contribution is -2.37. The molecule has 2 aromatic heterocycles. The lowest BCUT2D eigenvalue weighted by Gasteiger charge is -2.28. The average molecular weight is 632 g/mol. The zero-order valence-corrected chi connectivity index (χ0v) is 26.0. The number of benzene rings is 3. The molecule has 2 N–H and O–H groups in total. The molecule has 2 aliphatic heterocycles. The van der Waals surface area contributed by atoms with E-state index in [1.54, 1.807) is 35.2 Å². The Kier molecular flexibility index (Phi) is 8.28. The summed E-state index contributed by atoms with van der Waals surface area (Å²) in [7, 11) is 0. The molecule has 7 rings (SSSR count). The number of carbonyl (C=O) groups excluding carboxylic acids is 1. The van der Waals surface area contributed by atoms with Crippen LogP contribution in [0.3, 0.4) is 0 Å². The summed E-state index contributed by atoms with van der Waals surface area (Å²) in [6.07, 6.45) is 7.18. The Morgan fingerprint density at radius 2 is 1.87 bits per heavy atom. The summed E-state index contributed by atoms with van der Waals surface area (Å²) < 4.78 is 29.7. The van der Waals surface area contributed by atoms with E-state index in [-0.39, 0.29) is 22.4 Å². The van der Waals surface area contributed by atoms with E-state index in [1.165, 1.54) is 12.3 Å². The Hall–Kier alpha value is -5.32. The van der Waals surface area contributed by atoms with Gasteiger partial charge in [-0.2, -0.15) is 0 Å². The molecule has 0 saturated carbocycles. The monoisotopic (exact) mass is 631 g/mol. The number of hydrogen-bond acceptors (Lipinski definition) is 7. The maximum atomic E-state index is 16.0. The molecule has 1 amide bonds. The first-order chi connectivity index (χ1) is 22.9. The van der Waals surface area contributed by atoms with Gasteiger partial charge in [-0.15, -0.1) is 0 Å². The molecule has 0 aliphatic carbocycles. The first-order valence-electron chi connectivity index (χ1n) is 15.6. The number of amides is 1. The quantitative estimate of drug-likeness (QED) is 0.173. The van der Waals surface area contributed by atoms with E-state index >= 15 is 4.39 Å². The number of nitrogens with one attached hydrogen (secondary N) is 2. The number of rotatable bonds is 9. The molecule has 0 radical (unpaired) electrons. The van der Waals surface area contributed by atoms with Gasteiger partial charge in [-0.3, -0.25) is 19.5 Å². The third-order valence-corrected chi connectivity index (χ3v) is 8.68. The maximum Gasteiger partial charge on any atom is 0.261 e. The minimum Gasteiger partial charge on any atom is -0.451 e. The van der Waals surface area contributed by atoms with Crippen LogP contribution < -0.4 is 20.8 Å². The predicted octanol–water partition coefficient (Wildman–Crippen LogP) is 6.64. The summed E-state index contributed by atoms with van der Waals surface area (Å²) in [5.41, 5.74) is 4.75. The molecule has 4 heterocycles. The number of carbonyl (C=O) groups is 1. The fourth-order valence-corrected chi connectivity index (χ4v) is 6.28. The van der Waals surface area contributed by atoms with Crippen molar-refractivity contribution in [3.8, 4) is 28.3 Å². The molecule has 1 fully saturated rings. The van der Waals surface area contributed by atoms with E-state index in [0.29, 0.717) is 42.4 Å². The highest BCUT2D eigenvalue weighted by molar-refractivity contribution is 6.07. The Morgan fingerprint density at radius 1 is 1.09 bits per heavy atom. The number of hydrogen-bond donors (Lipinski definition) is 2. The second-order valence-electron chi connectivity index (χ2n) is 11.7. The smallest absolute Gasteiger partial charge is 0.261 e. The van der Waals surface area contributed by atoms with Crippen LogP contribution >= 0.6 is 0 Å². The van der Waals surface area contributed by atoms with E-state index < -0.39 is 17.2 Å². The number of aryl methyl sites for hydroxylation is 1. The SMILES string of the molecule is C=Cc1ccccc1-c1cc2c(cc1C)-n1cc(C(=O)Nc3ccncc3)c(=O)c3cc(F)c(NCCCN4CCOCC4)c(c31)O2. The highest BCUT2D eigenvalue weighted by Gasteiger charge is 2.29. The zero-order chi connectivity index (χ0) is 32.5. The predicted molar refractivity (Wildman–Crippen MR) is 182 cm³/mol. The van der Waals surface area contributed by atoms with E-state index in [2.05, 4.69) is 27.1 Å². The topological polar surface area (TPSA) is 97.7 Å².